The molecule has 5 heteroatoms. The first-order chi connectivity index (χ1) is 10.6. The van der Waals surface area contributed by atoms with E-state index in [1.54, 1.807) is 6.92 Å². The van der Waals surface area contributed by atoms with Gasteiger partial charge in [-0.2, -0.15) is 0 Å². The molecular weight excluding hydrogens is 282 g/mol. The molecule has 0 heterocycles. The lowest BCUT2D eigenvalue weighted by molar-refractivity contribution is -0.123. The first-order valence-corrected chi connectivity index (χ1v) is 8.58. The molecule has 128 valence electrons. The summed E-state index contributed by atoms with van der Waals surface area (Å²) >= 11 is 0. The van der Waals surface area contributed by atoms with Crippen LogP contribution in [0.5, 0.6) is 0 Å². The van der Waals surface area contributed by atoms with E-state index in [9.17, 15) is 9.59 Å². The van der Waals surface area contributed by atoms with E-state index in [-0.39, 0.29) is 23.7 Å². The third-order valence-corrected chi connectivity index (χ3v) is 4.07. The fourth-order valence-corrected chi connectivity index (χ4v) is 2.72. The molecule has 0 atom stereocenters. The molecule has 1 saturated carbocycles. The van der Waals surface area contributed by atoms with Crippen LogP contribution in [-0.2, 0) is 19.1 Å². The Hall–Kier alpha value is -0.940. The van der Waals surface area contributed by atoms with E-state index >= 15 is 0 Å². The van der Waals surface area contributed by atoms with Crippen LogP contribution in [0.2, 0.25) is 0 Å². The van der Waals surface area contributed by atoms with Crippen LogP contribution in [0.4, 0.5) is 0 Å². The summed E-state index contributed by atoms with van der Waals surface area (Å²) in [6.45, 7) is 6.37. The molecule has 0 unspecified atom stereocenters. The second kappa shape index (κ2) is 11.6. The van der Waals surface area contributed by atoms with Crippen LogP contribution in [0, 0.1) is 5.92 Å². The van der Waals surface area contributed by atoms with E-state index in [4.69, 9.17) is 9.47 Å². The van der Waals surface area contributed by atoms with Gasteiger partial charge in [-0.15, -0.1) is 0 Å². The van der Waals surface area contributed by atoms with E-state index in [1.165, 1.54) is 0 Å². The van der Waals surface area contributed by atoms with Crippen molar-refractivity contribution in [2.24, 2.45) is 5.92 Å². The summed E-state index contributed by atoms with van der Waals surface area (Å²) < 4.78 is 10.8. The van der Waals surface area contributed by atoms with Gasteiger partial charge in [0.15, 0.2) is 0 Å². The number of ether oxygens (including phenoxy) is 2. The molecule has 5 nitrogen and oxygen atoms in total. The van der Waals surface area contributed by atoms with Crippen LogP contribution < -0.4 is 5.32 Å². The van der Waals surface area contributed by atoms with Crippen molar-refractivity contribution < 1.29 is 19.1 Å². The Morgan fingerprint density at radius 3 is 2.23 bits per heavy atom. The SMILES string of the molecule is CCCOCCCOCCC(=O)NC1CCC(C(C)=O)CC1. The van der Waals surface area contributed by atoms with Crippen LogP contribution in [0.1, 0.15) is 58.8 Å². The molecule has 1 fully saturated rings. The van der Waals surface area contributed by atoms with Crippen molar-refractivity contribution in [2.45, 2.75) is 64.8 Å². The van der Waals surface area contributed by atoms with Gasteiger partial charge in [-0.25, -0.2) is 0 Å². The first-order valence-electron chi connectivity index (χ1n) is 8.58. The molecule has 22 heavy (non-hydrogen) atoms. The third-order valence-electron chi connectivity index (χ3n) is 4.07. The van der Waals surface area contributed by atoms with Crippen molar-refractivity contribution in [3.8, 4) is 0 Å². The molecule has 1 aliphatic carbocycles. The lowest BCUT2D eigenvalue weighted by Crippen LogP contribution is -2.38. The van der Waals surface area contributed by atoms with E-state index in [0.29, 0.717) is 19.6 Å². The minimum Gasteiger partial charge on any atom is -0.381 e. The number of carbonyl (C=O) groups excluding carboxylic acids is 2. The topological polar surface area (TPSA) is 64.6 Å². The highest BCUT2D eigenvalue weighted by molar-refractivity contribution is 5.78. The molecule has 1 amide bonds. The molecule has 0 saturated heterocycles. The number of rotatable bonds is 11. The van der Waals surface area contributed by atoms with Crippen molar-refractivity contribution in [2.75, 3.05) is 26.4 Å². The Kier molecular flexibility index (Phi) is 10.1. The lowest BCUT2D eigenvalue weighted by atomic mass is 9.84. The number of nitrogens with one attached hydrogen (secondary N) is 1. The van der Waals surface area contributed by atoms with Gasteiger partial charge in [0.1, 0.15) is 5.78 Å². The molecule has 0 aromatic heterocycles. The summed E-state index contributed by atoms with van der Waals surface area (Å²) in [4.78, 5) is 23.1. The first kappa shape index (κ1) is 19.1. The largest absolute Gasteiger partial charge is 0.381 e. The van der Waals surface area contributed by atoms with Gasteiger partial charge in [-0.1, -0.05) is 6.92 Å². The van der Waals surface area contributed by atoms with Crippen molar-refractivity contribution in [1.82, 2.24) is 5.32 Å². The zero-order valence-electron chi connectivity index (χ0n) is 14.1. The molecule has 0 aromatic rings. The molecule has 0 spiro atoms. The highest BCUT2D eigenvalue weighted by Gasteiger charge is 2.24. The van der Waals surface area contributed by atoms with Gasteiger partial charge in [-0.05, 0) is 45.4 Å². The fraction of sp³-hybridized carbons (Fsp3) is 0.882. The van der Waals surface area contributed by atoms with Crippen molar-refractivity contribution in [3.05, 3.63) is 0 Å². The molecular formula is C17H31NO4. The second-order valence-electron chi connectivity index (χ2n) is 6.06. The standard InChI is InChI=1S/C17H31NO4/c1-3-10-21-11-4-12-22-13-9-17(20)18-16-7-5-15(6-8-16)14(2)19/h15-16H,3-13H2,1-2H3,(H,18,20). The number of hydrogen-bond donors (Lipinski definition) is 1. The van der Waals surface area contributed by atoms with E-state index < -0.39 is 0 Å². The number of Topliss-reactive ketones (excluding diaryl/α,β-unsaturated/α-hetero) is 1. The van der Waals surface area contributed by atoms with Gasteiger partial charge in [0.25, 0.3) is 0 Å². The van der Waals surface area contributed by atoms with Crippen molar-refractivity contribution >= 4 is 11.7 Å². The molecule has 1 aliphatic rings. The lowest BCUT2D eigenvalue weighted by Gasteiger charge is -2.27. The maximum absolute atomic E-state index is 11.8. The van der Waals surface area contributed by atoms with E-state index in [2.05, 4.69) is 12.2 Å². The maximum Gasteiger partial charge on any atom is 0.222 e. The summed E-state index contributed by atoms with van der Waals surface area (Å²) in [5, 5.41) is 3.04. The zero-order valence-corrected chi connectivity index (χ0v) is 14.1. The van der Waals surface area contributed by atoms with Crippen LogP contribution in [-0.4, -0.2) is 44.2 Å². The summed E-state index contributed by atoms with van der Waals surface area (Å²) in [7, 11) is 0. The van der Waals surface area contributed by atoms with Gasteiger partial charge in [0, 0.05) is 38.2 Å². The average molecular weight is 313 g/mol. The second-order valence-corrected chi connectivity index (χ2v) is 6.06. The molecule has 0 aromatic carbocycles. The fourth-order valence-electron chi connectivity index (χ4n) is 2.72. The average Bonchev–Trinajstić information content (AvgIpc) is 2.50. The number of amides is 1. The van der Waals surface area contributed by atoms with E-state index in [1.807, 2.05) is 0 Å². The molecule has 0 aliphatic heterocycles. The summed E-state index contributed by atoms with van der Waals surface area (Å²) in [5.74, 6) is 0.529. The minimum absolute atomic E-state index is 0.0495. The van der Waals surface area contributed by atoms with E-state index in [0.717, 1.165) is 51.7 Å². The van der Waals surface area contributed by atoms with Gasteiger partial charge in [0.05, 0.1) is 6.61 Å². The highest BCUT2D eigenvalue weighted by Crippen LogP contribution is 2.24. The summed E-state index contributed by atoms with van der Waals surface area (Å²) in [6, 6.07) is 0.227. The number of carbonyl (C=O) groups is 2. The van der Waals surface area contributed by atoms with Gasteiger partial charge < -0.3 is 14.8 Å². The normalized spacial score (nSPS) is 21.5. The Morgan fingerprint density at radius 2 is 1.64 bits per heavy atom. The van der Waals surface area contributed by atoms with Crippen LogP contribution in [0.3, 0.4) is 0 Å². The number of ketones is 1. The maximum atomic E-state index is 11.8. The van der Waals surface area contributed by atoms with Gasteiger partial charge >= 0.3 is 0 Å². The van der Waals surface area contributed by atoms with Crippen molar-refractivity contribution in [3.63, 3.8) is 0 Å². The molecule has 0 radical (unpaired) electrons. The Labute approximate surface area is 134 Å². The van der Waals surface area contributed by atoms with Gasteiger partial charge in [-0.3, -0.25) is 9.59 Å². The molecule has 1 N–H and O–H groups in total. The quantitative estimate of drug-likeness (QED) is 0.595. The monoisotopic (exact) mass is 313 g/mol. The smallest absolute Gasteiger partial charge is 0.222 e. The summed E-state index contributed by atoms with van der Waals surface area (Å²) in [5.41, 5.74) is 0. The minimum atomic E-state index is 0.0495. The highest BCUT2D eigenvalue weighted by atomic mass is 16.5. The molecule has 1 rings (SSSR count). The van der Waals surface area contributed by atoms with Gasteiger partial charge in [0.2, 0.25) is 5.91 Å². The van der Waals surface area contributed by atoms with Crippen molar-refractivity contribution in [1.29, 1.82) is 0 Å². The predicted molar refractivity (Wildman–Crippen MR) is 85.7 cm³/mol. The Bertz CT molecular complexity index is 325. The Balaban J connectivity index is 1.97. The zero-order chi connectivity index (χ0) is 16.2. The predicted octanol–water partition coefficient (Wildman–Crippen LogP) is 2.47. The Morgan fingerprint density at radius 1 is 1.00 bits per heavy atom. The third kappa shape index (κ3) is 8.49. The number of hydrogen-bond acceptors (Lipinski definition) is 4. The van der Waals surface area contributed by atoms with Crippen LogP contribution >= 0.6 is 0 Å². The summed E-state index contributed by atoms with van der Waals surface area (Å²) in [6.07, 6.45) is 5.93. The van der Waals surface area contributed by atoms with Crippen LogP contribution in [0.25, 0.3) is 0 Å². The van der Waals surface area contributed by atoms with Crippen LogP contribution in [0.15, 0.2) is 0 Å². The molecule has 0 bridgehead atoms.